The first kappa shape index (κ1) is 22.4. The number of amides is 1. The molecular weight excluding hydrogens is 412 g/mol. The van der Waals surface area contributed by atoms with Gasteiger partial charge in [0.05, 0.1) is 23.4 Å². The molecule has 3 rings (SSSR count). The van der Waals surface area contributed by atoms with Crippen LogP contribution in [0.25, 0.3) is 0 Å². The molecule has 1 amide bonds. The van der Waals surface area contributed by atoms with Gasteiger partial charge in [0.1, 0.15) is 5.75 Å². The largest absolute Gasteiger partial charge is 0.495 e. The molecule has 0 bridgehead atoms. The van der Waals surface area contributed by atoms with Crippen LogP contribution in [0.4, 0.5) is 11.4 Å². The van der Waals surface area contributed by atoms with Gasteiger partial charge in [0, 0.05) is 12.1 Å². The number of carbonyl (C=O) groups excluding carboxylic acids is 1. The van der Waals surface area contributed by atoms with Crippen LogP contribution in [0, 0.1) is 13.8 Å². The Kier molecular flexibility index (Phi) is 6.65. The van der Waals surface area contributed by atoms with E-state index in [1.165, 1.54) is 23.5 Å². The molecule has 7 heteroatoms. The molecule has 1 N–H and O–H groups in total. The minimum absolute atomic E-state index is 0.0642. The summed E-state index contributed by atoms with van der Waals surface area (Å²) in [5, 5.41) is 2.79. The number of aryl methyl sites for hydroxylation is 2. The number of para-hydroxylation sites is 1. The average Bonchev–Trinajstić information content (AvgIpc) is 2.76. The second-order valence-electron chi connectivity index (χ2n) is 7.12. The van der Waals surface area contributed by atoms with Crippen molar-refractivity contribution in [2.75, 3.05) is 23.3 Å². The molecule has 0 aliphatic rings. The fourth-order valence-electron chi connectivity index (χ4n) is 3.24. The first-order valence-corrected chi connectivity index (χ1v) is 11.4. The molecule has 3 aromatic rings. The standard InChI is InChI=1S/C24H26N2O4S/c1-5-26(20-9-7-6-8-10-20)31(28,29)21-13-14-23(30-4)22(16-21)25-24(27)19-12-11-17(2)18(3)15-19/h6-16H,5H2,1-4H3,(H,25,27). The van der Waals surface area contributed by atoms with E-state index in [9.17, 15) is 13.2 Å². The van der Waals surface area contributed by atoms with Crippen LogP contribution < -0.4 is 14.4 Å². The molecule has 0 atom stereocenters. The zero-order valence-electron chi connectivity index (χ0n) is 18.0. The van der Waals surface area contributed by atoms with Gasteiger partial charge in [0.2, 0.25) is 0 Å². The van der Waals surface area contributed by atoms with Crippen LogP contribution in [0.15, 0.2) is 71.6 Å². The lowest BCUT2D eigenvalue weighted by Gasteiger charge is -2.23. The predicted molar refractivity (Wildman–Crippen MR) is 124 cm³/mol. The van der Waals surface area contributed by atoms with Gasteiger partial charge in [-0.2, -0.15) is 0 Å². The Morgan fingerprint density at radius 2 is 1.68 bits per heavy atom. The van der Waals surface area contributed by atoms with E-state index in [0.29, 0.717) is 17.0 Å². The summed E-state index contributed by atoms with van der Waals surface area (Å²) in [5.74, 6) is 0.0326. The van der Waals surface area contributed by atoms with Crippen molar-refractivity contribution >= 4 is 27.3 Å². The Hall–Kier alpha value is -3.32. The highest BCUT2D eigenvalue weighted by atomic mass is 32.2. The Bertz CT molecular complexity index is 1190. The highest BCUT2D eigenvalue weighted by molar-refractivity contribution is 7.92. The smallest absolute Gasteiger partial charge is 0.264 e. The van der Waals surface area contributed by atoms with Gasteiger partial charge in [0.25, 0.3) is 15.9 Å². The number of benzene rings is 3. The number of sulfonamides is 1. The zero-order valence-corrected chi connectivity index (χ0v) is 18.9. The van der Waals surface area contributed by atoms with Crippen LogP contribution in [0.2, 0.25) is 0 Å². The molecular formula is C24H26N2O4S. The molecule has 6 nitrogen and oxygen atoms in total. The number of hydrogen-bond donors (Lipinski definition) is 1. The quantitative estimate of drug-likeness (QED) is 0.576. The van der Waals surface area contributed by atoms with Crippen molar-refractivity contribution in [2.24, 2.45) is 0 Å². The average molecular weight is 439 g/mol. The van der Waals surface area contributed by atoms with Crippen molar-refractivity contribution in [3.8, 4) is 5.75 Å². The molecule has 3 aromatic carbocycles. The minimum atomic E-state index is -3.84. The van der Waals surface area contributed by atoms with Crippen LogP contribution in [-0.2, 0) is 10.0 Å². The van der Waals surface area contributed by atoms with Crippen molar-refractivity contribution in [1.82, 2.24) is 0 Å². The van der Waals surface area contributed by atoms with Crippen LogP contribution in [0.3, 0.4) is 0 Å². The molecule has 0 fully saturated rings. The van der Waals surface area contributed by atoms with Crippen molar-refractivity contribution < 1.29 is 17.9 Å². The molecule has 0 saturated heterocycles. The maximum Gasteiger partial charge on any atom is 0.264 e. The molecule has 0 saturated carbocycles. The normalized spacial score (nSPS) is 11.1. The number of ether oxygens (including phenoxy) is 1. The van der Waals surface area contributed by atoms with E-state index in [4.69, 9.17) is 4.74 Å². The molecule has 162 valence electrons. The summed E-state index contributed by atoms with van der Waals surface area (Å²) in [7, 11) is -2.37. The van der Waals surface area contributed by atoms with Crippen LogP contribution >= 0.6 is 0 Å². The van der Waals surface area contributed by atoms with E-state index >= 15 is 0 Å². The molecule has 0 aromatic heterocycles. The number of rotatable bonds is 7. The Labute approximate surface area is 183 Å². The van der Waals surface area contributed by atoms with E-state index in [1.807, 2.05) is 26.0 Å². The molecule has 0 heterocycles. The third-order valence-corrected chi connectivity index (χ3v) is 7.01. The highest BCUT2D eigenvalue weighted by Gasteiger charge is 2.25. The number of anilines is 2. The van der Waals surface area contributed by atoms with Gasteiger partial charge in [-0.3, -0.25) is 9.10 Å². The summed E-state index contributed by atoms with van der Waals surface area (Å²) in [4.78, 5) is 12.9. The number of nitrogens with one attached hydrogen (secondary N) is 1. The van der Waals surface area contributed by atoms with Gasteiger partial charge < -0.3 is 10.1 Å². The van der Waals surface area contributed by atoms with Gasteiger partial charge in [0.15, 0.2) is 0 Å². The molecule has 31 heavy (non-hydrogen) atoms. The number of carbonyl (C=O) groups is 1. The van der Waals surface area contributed by atoms with Crippen LogP contribution in [-0.4, -0.2) is 28.0 Å². The van der Waals surface area contributed by atoms with Crippen molar-refractivity contribution in [1.29, 1.82) is 0 Å². The molecule has 0 aliphatic carbocycles. The Morgan fingerprint density at radius 1 is 0.968 bits per heavy atom. The Balaban J connectivity index is 1.98. The topological polar surface area (TPSA) is 75.7 Å². The summed E-state index contributed by atoms with van der Waals surface area (Å²) < 4.78 is 33.3. The highest BCUT2D eigenvalue weighted by Crippen LogP contribution is 2.31. The van der Waals surface area contributed by atoms with E-state index in [0.717, 1.165) is 11.1 Å². The third kappa shape index (κ3) is 4.72. The monoisotopic (exact) mass is 438 g/mol. The maximum absolute atomic E-state index is 13.3. The lowest BCUT2D eigenvalue weighted by Crippen LogP contribution is -2.30. The fraction of sp³-hybridized carbons (Fsp3) is 0.208. The van der Waals surface area contributed by atoms with Crippen molar-refractivity contribution in [3.05, 3.63) is 83.4 Å². The first-order valence-electron chi connectivity index (χ1n) is 9.92. The van der Waals surface area contributed by atoms with Crippen molar-refractivity contribution in [2.45, 2.75) is 25.7 Å². The molecule has 0 spiro atoms. The maximum atomic E-state index is 13.3. The summed E-state index contributed by atoms with van der Waals surface area (Å²) in [5.41, 5.74) is 3.43. The molecule has 0 radical (unpaired) electrons. The summed E-state index contributed by atoms with van der Waals surface area (Å²) in [6.45, 7) is 5.95. The fourth-order valence-corrected chi connectivity index (χ4v) is 4.74. The van der Waals surface area contributed by atoms with Gasteiger partial charge in [-0.25, -0.2) is 8.42 Å². The second kappa shape index (κ2) is 9.22. The first-order chi connectivity index (χ1) is 14.8. The second-order valence-corrected chi connectivity index (χ2v) is 8.98. The zero-order chi connectivity index (χ0) is 22.6. The van der Waals surface area contributed by atoms with Gasteiger partial charge in [-0.05, 0) is 74.4 Å². The van der Waals surface area contributed by atoms with Crippen molar-refractivity contribution in [3.63, 3.8) is 0 Å². The summed E-state index contributed by atoms with van der Waals surface area (Å²) in [6.07, 6.45) is 0. The van der Waals surface area contributed by atoms with Crippen LogP contribution in [0.1, 0.15) is 28.4 Å². The number of nitrogens with zero attached hydrogens (tertiary/aromatic N) is 1. The molecule has 0 unspecified atom stereocenters. The number of hydrogen-bond acceptors (Lipinski definition) is 4. The van der Waals surface area contributed by atoms with Gasteiger partial charge in [-0.15, -0.1) is 0 Å². The SMILES string of the molecule is CCN(c1ccccc1)S(=O)(=O)c1ccc(OC)c(NC(=O)c2ccc(C)c(C)c2)c1. The summed E-state index contributed by atoms with van der Waals surface area (Å²) >= 11 is 0. The van der Waals surface area contributed by atoms with Gasteiger partial charge in [-0.1, -0.05) is 24.3 Å². The third-order valence-electron chi connectivity index (χ3n) is 5.11. The van der Waals surface area contributed by atoms with E-state index in [1.54, 1.807) is 49.4 Å². The van der Waals surface area contributed by atoms with E-state index in [-0.39, 0.29) is 23.0 Å². The number of methoxy groups -OCH3 is 1. The Morgan fingerprint density at radius 3 is 2.29 bits per heavy atom. The summed E-state index contributed by atoms with van der Waals surface area (Å²) in [6, 6.07) is 18.8. The van der Waals surface area contributed by atoms with Gasteiger partial charge >= 0.3 is 0 Å². The van der Waals surface area contributed by atoms with E-state index in [2.05, 4.69) is 5.32 Å². The minimum Gasteiger partial charge on any atom is -0.495 e. The lowest BCUT2D eigenvalue weighted by atomic mass is 10.1. The van der Waals surface area contributed by atoms with E-state index < -0.39 is 10.0 Å². The molecule has 0 aliphatic heterocycles. The lowest BCUT2D eigenvalue weighted by molar-refractivity contribution is 0.102. The van der Waals surface area contributed by atoms with Crippen LogP contribution in [0.5, 0.6) is 5.75 Å². The predicted octanol–water partition coefficient (Wildman–Crippen LogP) is 4.78.